The molecule has 0 aliphatic carbocycles. The maximum atomic E-state index is 11.8. The van der Waals surface area contributed by atoms with E-state index in [0.717, 1.165) is 0 Å². The summed E-state index contributed by atoms with van der Waals surface area (Å²) in [6.45, 7) is 4.68. The van der Waals surface area contributed by atoms with Gasteiger partial charge in [0.2, 0.25) is 0 Å². The molecular weight excluding hydrogens is 244 g/mol. The summed E-state index contributed by atoms with van der Waals surface area (Å²) >= 11 is 0. The Kier molecular flexibility index (Phi) is 6.02. The van der Waals surface area contributed by atoms with E-state index in [1.165, 1.54) is 0 Å². The number of hydrogen-bond donors (Lipinski definition) is 2. The van der Waals surface area contributed by atoms with Gasteiger partial charge in [0, 0.05) is 30.8 Å². The van der Waals surface area contributed by atoms with E-state index >= 15 is 0 Å². The van der Waals surface area contributed by atoms with E-state index in [4.69, 9.17) is 4.74 Å². The van der Waals surface area contributed by atoms with Crippen LogP contribution in [0.3, 0.4) is 0 Å². The fourth-order valence-electron chi connectivity index (χ4n) is 1.52. The van der Waals surface area contributed by atoms with Crippen LogP contribution in [-0.2, 0) is 4.74 Å². The number of rotatable bonds is 6. The first kappa shape index (κ1) is 15.2. The van der Waals surface area contributed by atoms with Crippen molar-refractivity contribution in [1.82, 2.24) is 10.6 Å². The Bertz CT molecular complexity index is 444. The van der Waals surface area contributed by atoms with E-state index in [-0.39, 0.29) is 17.9 Å². The van der Waals surface area contributed by atoms with Crippen LogP contribution in [0.25, 0.3) is 0 Å². The van der Waals surface area contributed by atoms with Gasteiger partial charge >= 0.3 is 0 Å². The summed E-state index contributed by atoms with van der Waals surface area (Å²) < 4.78 is 4.85. The summed E-state index contributed by atoms with van der Waals surface area (Å²) in [6.07, 6.45) is 0. The van der Waals surface area contributed by atoms with Gasteiger partial charge in [-0.1, -0.05) is 6.07 Å². The molecule has 5 heteroatoms. The van der Waals surface area contributed by atoms with Crippen molar-refractivity contribution in [2.24, 2.45) is 0 Å². The molecule has 0 saturated heterocycles. The van der Waals surface area contributed by atoms with Crippen molar-refractivity contribution in [3.8, 4) is 0 Å². The molecular formula is C14H20N2O3. The highest BCUT2D eigenvalue weighted by Gasteiger charge is 2.10. The van der Waals surface area contributed by atoms with Crippen LogP contribution >= 0.6 is 0 Å². The van der Waals surface area contributed by atoms with Crippen molar-refractivity contribution in [2.45, 2.75) is 19.9 Å². The van der Waals surface area contributed by atoms with E-state index in [0.29, 0.717) is 24.3 Å². The lowest BCUT2D eigenvalue weighted by Crippen LogP contribution is -2.31. The molecule has 2 amide bonds. The number of methoxy groups -OCH3 is 1. The average molecular weight is 264 g/mol. The molecule has 104 valence electrons. The van der Waals surface area contributed by atoms with Crippen LogP contribution in [0.2, 0.25) is 0 Å². The predicted octanol–water partition coefficient (Wildman–Crippen LogP) is 1.20. The first-order chi connectivity index (χ1) is 9.04. The number of amides is 2. The molecule has 0 aliphatic heterocycles. The molecule has 0 spiro atoms. The van der Waals surface area contributed by atoms with E-state index in [1.807, 2.05) is 13.8 Å². The quantitative estimate of drug-likeness (QED) is 0.759. The molecule has 0 aromatic heterocycles. The van der Waals surface area contributed by atoms with Crippen molar-refractivity contribution >= 4 is 11.8 Å². The highest BCUT2D eigenvalue weighted by Crippen LogP contribution is 2.05. The third kappa shape index (κ3) is 5.09. The van der Waals surface area contributed by atoms with Gasteiger partial charge in [-0.15, -0.1) is 0 Å². The van der Waals surface area contributed by atoms with Gasteiger partial charge in [-0.2, -0.15) is 0 Å². The van der Waals surface area contributed by atoms with E-state index in [9.17, 15) is 9.59 Å². The van der Waals surface area contributed by atoms with Crippen LogP contribution in [-0.4, -0.2) is 38.1 Å². The van der Waals surface area contributed by atoms with Crippen LogP contribution in [0.1, 0.15) is 34.6 Å². The van der Waals surface area contributed by atoms with Crippen molar-refractivity contribution in [3.05, 3.63) is 35.4 Å². The third-order valence-electron chi connectivity index (χ3n) is 2.40. The Morgan fingerprint density at radius 1 is 1.21 bits per heavy atom. The van der Waals surface area contributed by atoms with Gasteiger partial charge in [-0.05, 0) is 32.0 Å². The van der Waals surface area contributed by atoms with Crippen LogP contribution < -0.4 is 10.6 Å². The van der Waals surface area contributed by atoms with Gasteiger partial charge in [0.05, 0.1) is 6.61 Å². The van der Waals surface area contributed by atoms with Crippen LogP contribution in [0.15, 0.2) is 24.3 Å². The fraction of sp³-hybridized carbons (Fsp3) is 0.429. The smallest absolute Gasteiger partial charge is 0.251 e. The SMILES string of the molecule is COCCNC(=O)c1cccc(C(=O)NC(C)C)c1. The lowest BCUT2D eigenvalue weighted by atomic mass is 10.1. The Labute approximate surface area is 113 Å². The summed E-state index contributed by atoms with van der Waals surface area (Å²) in [7, 11) is 1.57. The molecule has 0 heterocycles. The number of carbonyl (C=O) groups is 2. The molecule has 1 aromatic carbocycles. The second kappa shape index (κ2) is 7.53. The van der Waals surface area contributed by atoms with Crippen molar-refractivity contribution in [3.63, 3.8) is 0 Å². The first-order valence-corrected chi connectivity index (χ1v) is 6.22. The number of ether oxygens (including phenoxy) is 1. The number of hydrogen-bond acceptors (Lipinski definition) is 3. The molecule has 0 unspecified atom stereocenters. The van der Waals surface area contributed by atoms with E-state index in [2.05, 4.69) is 10.6 Å². The fourth-order valence-corrected chi connectivity index (χ4v) is 1.52. The lowest BCUT2D eigenvalue weighted by Gasteiger charge is -2.09. The molecule has 0 atom stereocenters. The highest BCUT2D eigenvalue weighted by atomic mass is 16.5. The molecule has 0 bridgehead atoms. The zero-order chi connectivity index (χ0) is 14.3. The maximum absolute atomic E-state index is 11.8. The lowest BCUT2D eigenvalue weighted by molar-refractivity contribution is 0.0937. The minimum atomic E-state index is -0.212. The minimum absolute atomic E-state index is 0.0617. The predicted molar refractivity (Wildman–Crippen MR) is 73.3 cm³/mol. The molecule has 5 nitrogen and oxygen atoms in total. The van der Waals surface area contributed by atoms with Crippen molar-refractivity contribution < 1.29 is 14.3 Å². The zero-order valence-corrected chi connectivity index (χ0v) is 11.5. The molecule has 0 fully saturated rings. The number of benzene rings is 1. The second-order valence-electron chi connectivity index (χ2n) is 4.46. The van der Waals surface area contributed by atoms with Gasteiger partial charge in [0.25, 0.3) is 11.8 Å². The summed E-state index contributed by atoms with van der Waals surface area (Å²) in [5, 5.41) is 5.50. The molecule has 0 radical (unpaired) electrons. The van der Waals surface area contributed by atoms with Gasteiger partial charge in [0.15, 0.2) is 0 Å². The first-order valence-electron chi connectivity index (χ1n) is 6.22. The van der Waals surface area contributed by atoms with E-state index < -0.39 is 0 Å². The molecule has 19 heavy (non-hydrogen) atoms. The Hall–Kier alpha value is -1.88. The minimum Gasteiger partial charge on any atom is -0.383 e. The standard InChI is InChI=1S/C14H20N2O3/c1-10(2)16-14(18)12-6-4-5-11(9-12)13(17)15-7-8-19-3/h4-6,9-10H,7-8H2,1-3H3,(H,15,17)(H,16,18). The Balaban J connectivity index is 2.71. The average Bonchev–Trinajstić information content (AvgIpc) is 2.38. The van der Waals surface area contributed by atoms with Gasteiger partial charge in [-0.25, -0.2) is 0 Å². The summed E-state index contributed by atoms with van der Waals surface area (Å²) in [5.74, 6) is -0.391. The topological polar surface area (TPSA) is 67.4 Å². The molecule has 0 saturated carbocycles. The van der Waals surface area contributed by atoms with Crippen LogP contribution in [0, 0.1) is 0 Å². The van der Waals surface area contributed by atoms with Gasteiger partial charge in [0.1, 0.15) is 0 Å². The summed E-state index contributed by atoms with van der Waals surface area (Å²) in [4.78, 5) is 23.6. The Morgan fingerprint density at radius 3 is 2.42 bits per heavy atom. The molecule has 1 rings (SSSR count). The summed E-state index contributed by atoms with van der Waals surface area (Å²) in [6, 6.07) is 6.70. The maximum Gasteiger partial charge on any atom is 0.251 e. The molecule has 0 aliphatic rings. The molecule has 1 aromatic rings. The molecule has 2 N–H and O–H groups in total. The van der Waals surface area contributed by atoms with Crippen molar-refractivity contribution in [2.75, 3.05) is 20.3 Å². The van der Waals surface area contributed by atoms with Crippen molar-refractivity contribution in [1.29, 1.82) is 0 Å². The Morgan fingerprint density at radius 2 is 1.84 bits per heavy atom. The normalized spacial score (nSPS) is 10.3. The van der Waals surface area contributed by atoms with Gasteiger partial charge in [-0.3, -0.25) is 9.59 Å². The number of nitrogens with one attached hydrogen (secondary N) is 2. The number of carbonyl (C=O) groups excluding carboxylic acids is 2. The van der Waals surface area contributed by atoms with E-state index in [1.54, 1.807) is 31.4 Å². The summed E-state index contributed by atoms with van der Waals surface area (Å²) in [5.41, 5.74) is 0.945. The third-order valence-corrected chi connectivity index (χ3v) is 2.40. The van der Waals surface area contributed by atoms with Crippen LogP contribution in [0.5, 0.6) is 0 Å². The van der Waals surface area contributed by atoms with Gasteiger partial charge < -0.3 is 15.4 Å². The second-order valence-corrected chi connectivity index (χ2v) is 4.46. The monoisotopic (exact) mass is 264 g/mol. The van der Waals surface area contributed by atoms with Crippen LogP contribution in [0.4, 0.5) is 0 Å². The zero-order valence-electron chi connectivity index (χ0n) is 11.5. The largest absolute Gasteiger partial charge is 0.383 e. The highest BCUT2D eigenvalue weighted by molar-refractivity contribution is 5.99.